The fourth-order valence-electron chi connectivity index (χ4n) is 2.29. The Morgan fingerprint density at radius 1 is 1.40 bits per heavy atom. The highest BCUT2D eigenvalue weighted by atomic mass is 16.5. The Labute approximate surface area is 121 Å². The highest BCUT2D eigenvalue weighted by Gasteiger charge is 2.23. The fraction of sp³-hybridized carbons (Fsp3) is 0.867. The van der Waals surface area contributed by atoms with Crippen molar-refractivity contribution in [2.24, 2.45) is 5.92 Å². The van der Waals surface area contributed by atoms with Crippen LogP contribution in [0.5, 0.6) is 0 Å². The van der Waals surface area contributed by atoms with Crippen molar-refractivity contribution >= 4 is 11.9 Å². The van der Waals surface area contributed by atoms with Crippen LogP contribution >= 0.6 is 0 Å². The van der Waals surface area contributed by atoms with Gasteiger partial charge in [0.25, 0.3) is 0 Å². The lowest BCUT2D eigenvalue weighted by atomic mass is 10.1. The summed E-state index contributed by atoms with van der Waals surface area (Å²) in [5.74, 6) is 0.166. The number of amides is 1. The van der Waals surface area contributed by atoms with Crippen LogP contribution in [0, 0.1) is 5.92 Å². The van der Waals surface area contributed by atoms with Crippen molar-refractivity contribution in [3.05, 3.63) is 0 Å². The first-order chi connectivity index (χ1) is 9.52. The average Bonchev–Trinajstić information content (AvgIpc) is 2.86. The van der Waals surface area contributed by atoms with Crippen molar-refractivity contribution < 1.29 is 19.1 Å². The highest BCUT2D eigenvalue weighted by Crippen LogP contribution is 2.15. The summed E-state index contributed by atoms with van der Waals surface area (Å²) in [6, 6.07) is 0. The molecule has 5 nitrogen and oxygen atoms in total. The summed E-state index contributed by atoms with van der Waals surface area (Å²) in [7, 11) is 0. The van der Waals surface area contributed by atoms with E-state index in [9.17, 15) is 9.59 Å². The molecule has 116 valence electrons. The van der Waals surface area contributed by atoms with E-state index in [0.29, 0.717) is 32.0 Å². The van der Waals surface area contributed by atoms with E-state index in [1.807, 2.05) is 13.8 Å². The van der Waals surface area contributed by atoms with Gasteiger partial charge in [0.15, 0.2) is 0 Å². The van der Waals surface area contributed by atoms with E-state index in [2.05, 4.69) is 0 Å². The van der Waals surface area contributed by atoms with Crippen LogP contribution in [0.4, 0.5) is 0 Å². The van der Waals surface area contributed by atoms with Gasteiger partial charge in [-0.1, -0.05) is 13.8 Å². The maximum atomic E-state index is 12.2. The van der Waals surface area contributed by atoms with E-state index in [4.69, 9.17) is 9.47 Å². The zero-order chi connectivity index (χ0) is 15.0. The third-order valence-electron chi connectivity index (χ3n) is 3.27. The van der Waals surface area contributed by atoms with Gasteiger partial charge in [0.1, 0.15) is 0 Å². The van der Waals surface area contributed by atoms with Crippen molar-refractivity contribution in [3.8, 4) is 0 Å². The highest BCUT2D eigenvalue weighted by molar-refractivity contribution is 5.77. The molecule has 1 saturated heterocycles. The SMILES string of the molecule is CCOC(=O)CCN(CC1CCCO1)C(=O)CC(C)C. The summed E-state index contributed by atoms with van der Waals surface area (Å²) in [6.07, 6.45) is 2.92. The summed E-state index contributed by atoms with van der Waals surface area (Å²) >= 11 is 0. The van der Waals surface area contributed by atoms with Crippen LogP contribution in [0.3, 0.4) is 0 Å². The van der Waals surface area contributed by atoms with Gasteiger partial charge < -0.3 is 14.4 Å². The Balaban J connectivity index is 2.48. The molecular formula is C15H27NO4. The molecule has 1 heterocycles. The summed E-state index contributed by atoms with van der Waals surface area (Å²) in [5.41, 5.74) is 0. The molecule has 1 amide bonds. The Hall–Kier alpha value is -1.10. The first kappa shape index (κ1) is 17.0. The lowest BCUT2D eigenvalue weighted by Crippen LogP contribution is -2.39. The van der Waals surface area contributed by atoms with Crippen molar-refractivity contribution in [3.63, 3.8) is 0 Å². The summed E-state index contributed by atoms with van der Waals surface area (Å²) < 4.78 is 10.5. The quantitative estimate of drug-likeness (QED) is 0.640. The molecule has 20 heavy (non-hydrogen) atoms. The van der Waals surface area contributed by atoms with Crippen molar-refractivity contribution in [1.29, 1.82) is 0 Å². The van der Waals surface area contributed by atoms with Gasteiger partial charge in [-0.05, 0) is 25.7 Å². The second-order valence-electron chi connectivity index (χ2n) is 5.63. The molecule has 0 aliphatic carbocycles. The van der Waals surface area contributed by atoms with E-state index < -0.39 is 0 Å². The number of hydrogen-bond acceptors (Lipinski definition) is 4. The van der Waals surface area contributed by atoms with Gasteiger partial charge in [-0.3, -0.25) is 9.59 Å². The Kier molecular flexibility index (Phi) is 7.59. The number of rotatable bonds is 8. The van der Waals surface area contributed by atoms with Crippen LogP contribution < -0.4 is 0 Å². The number of hydrogen-bond donors (Lipinski definition) is 0. The average molecular weight is 285 g/mol. The van der Waals surface area contributed by atoms with Gasteiger partial charge >= 0.3 is 5.97 Å². The van der Waals surface area contributed by atoms with Crippen molar-refractivity contribution in [2.45, 2.75) is 52.6 Å². The molecule has 1 aliphatic rings. The second-order valence-corrected chi connectivity index (χ2v) is 5.63. The number of carbonyl (C=O) groups excluding carboxylic acids is 2. The van der Waals surface area contributed by atoms with Gasteiger partial charge in [-0.25, -0.2) is 0 Å². The molecule has 0 spiro atoms. The molecule has 0 aromatic carbocycles. The molecular weight excluding hydrogens is 258 g/mol. The van der Waals surface area contributed by atoms with Crippen LogP contribution in [0.1, 0.15) is 46.5 Å². The topological polar surface area (TPSA) is 55.8 Å². The van der Waals surface area contributed by atoms with E-state index in [1.165, 1.54) is 0 Å². The maximum absolute atomic E-state index is 12.2. The minimum absolute atomic E-state index is 0.0970. The second kappa shape index (κ2) is 8.95. The normalized spacial score (nSPS) is 18.3. The predicted molar refractivity (Wildman–Crippen MR) is 76.3 cm³/mol. The molecule has 1 fully saturated rings. The standard InChI is InChI=1S/C15H27NO4/c1-4-19-15(18)7-8-16(14(17)10-12(2)3)11-13-6-5-9-20-13/h12-13H,4-11H2,1-3H3. The first-order valence-corrected chi connectivity index (χ1v) is 7.58. The molecule has 0 aromatic heterocycles. The Morgan fingerprint density at radius 3 is 2.70 bits per heavy atom. The fourth-order valence-corrected chi connectivity index (χ4v) is 2.29. The van der Waals surface area contributed by atoms with Gasteiger partial charge in [0.2, 0.25) is 5.91 Å². The van der Waals surface area contributed by atoms with Gasteiger partial charge in [0.05, 0.1) is 19.1 Å². The molecule has 0 N–H and O–H groups in total. The maximum Gasteiger partial charge on any atom is 0.307 e. The van der Waals surface area contributed by atoms with Gasteiger partial charge in [-0.15, -0.1) is 0 Å². The number of ether oxygens (including phenoxy) is 2. The lowest BCUT2D eigenvalue weighted by Gasteiger charge is -2.26. The number of esters is 1. The third-order valence-corrected chi connectivity index (χ3v) is 3.27. The van der Waals surface area contributed by atoms with Crippen LogP contribution in [0.15, 0.2) is 0 Å². The molecule has 1 rings (SSSR count). The van der Waals surface area contributed by atoms with E-state index in [0.717, 1.165) is 19.4 Å². The van der Waals surface area contributed by atoms with Crippen LogP contribution in [0.2, 0.25) is 0 Å². The van der Waals surface area contributed by atoms with Crippen LogP contribution in [-0.4, -0.2) is 49.2 Å². The summed E-state index contributed by atoms with van der Waals surface area (Å²) in [4.78, 5) is 25.4. The smallest absolute Gasteiger partial charge is 0.307 e. The molecule has 0 aromatic rings. The molecule has 0 saturated carbocycles. The largest absolute Gasteiger partial charge is 0.466 e. The van der Waals surface area contributed by atoms with Crippen molar-refractivity contribution in [1.82, 2.24) is 4.90 Å². The van der Waals surface area contributed by atoms with Gasteiger partial charge in [0, 0.05) is 26.1 Å². The molecule has 1 aliphatic heterocycles. The summed E-state index contributed by atoms with van der Waals surface area (Å²) in [6.45, 7) is 7.99. The third kappa shape index (κ3) is 6.37. The zero-order valence-corrected chi connectivity index (χ0v) is 12.9. The summed E-state index contributed by atoms with van der Waals surface area (Å²) in [5, 5.41) is 0. The Bertz CT molecular complexity index is 311. The molecule has 5 heteroatoms. The predicted octanol–water partition coefficient (Wildman–Crippen LogP) is 1.99. The minimum atomic E-state index is -0.248. The minimum Gasteiger partial charge on any atom is -0.466 e. The monoisotopic (exact) mass is 285 g/mol. The molecule has 0 radical (unpaired) electrons. The zero-order valence-electron chi connectivity index (χ0n) is 12.9. The number of carbonyl (C=O) groups is 2. The van der Waals surface area contributed by atoms with Crippen molar-refractivity contribution in [2.75, 3.05) is 26.3 Å². The van der Waals surface area contributed by atoms with E-state index in [-0.39, 0.29) is 24.4 Å². The van der Waals surface area contributed by atoms with Crippen LogP contribution in [-0.2, 0) is 19.1 Å². The molecule has 1 atom stereocenters. The van der Waals surface area contributed by atoms with Gasteiger partial charge in [-0.2, -0.15) is 0 Å². The first-order valence-electron chi connectivity index (χ1n) is 7.58. The van der Waals surface area contributed by atoms with E-state index >= 15 is 0 Å². The Morgan fingerprint density at radius 2 is 2.15 bits per heavy atom. The lowest BCUT2D eigenvalue weighted by molar-refractivity contribution is -0.144. The molecule has 1 unspecified atom stereocenters. The number of nitrogens with zero attached hydrogens (tertiary/aromatic N) is 1. The van der Waals surface area contributed by atoms with Crippen LogP contribution in [0.25, 0.3) is 0 Å². The van der Waals surface area contributed by atoms with E-state index in [1.54, 1.807) is 11.8 Å². The molecule has 0 bridgehead atoms.